The predicted octanol–water partition coefficient (Wildman–Crippen LogP) is 0.565. The third kappa shape index (κ3) is 4.00. The molecule has 0 amide bonds. The highest BCUT2D eigenvalue weighted by Crippen LogP contribution is 2.25. The Bertz CT molecular complexity index is 1120. The maximum Gasteiger partial charge on any atom is 0.353 e. The number of fused-ring (bicyclic) bond motifs is 2. The van der Waals surface area contributed by atoms with Gasteiger partial charge in [-0.25, -0.2) is 28.2 Å². The number of cyclic esters (lactones) is 2. The van der Waals surface area contributed by atoms with E-state index in [9.17, 15) is 33.3 Å². The molecule has 11 nitrogen and oxygen atoms in total. The zero-order valence-electron chi connectivity index (χ0n) is 15.9. The Morgan fingerprint density at radius 3 is 2.06 bits per heavy atom. The first-order valence-electron chi connectivity index (χ1n) is 8.96. The van der Waals surface area contributed by atoms with Gasteiger partial charge in [-0.1, -0.05) is 0 Å². The lowest BCUT2D eigenvalue weighted by Gasteiger charge is -2.12. The van der Waals surface area contributed by atoms with Crippen molar-refractivity contribution >= 4 is 40.9 Å². The van der Waals surface area contributed by atoms with Crippen molar-refractivity contribution in [2.75, 3.05) is 13.2 Å². The van der Waals surface area contributed by atoms with E-state index < -0.39 is 60.2 Å². The number of aliphatic hydroxyl groups is 1. The van der Waals surface area contributed by atoms with E-state index in [4.69, 9.17) is 9.47 Å². The lowest BCUT2D eigenvalue weighted by atomic mass is 10.1. The molecule has 2 heterocycles. The zero-order chi connectivity index (χ0) is 23.0. The number of hydrogen-bond acceptors (Lipinski definition) is 11. The summed E-state index contributed by atoms with van der Waals surface area (Å²) >= 11 is -2.01. The zero-order valence-corrected chi connectivity index (χ0v) is 16.7. The molecular weight excluding hydrogens is 448 g/mol. The average Bonchev–Trinajstić information content (AvgIpc) is 3.23. The maximum absolute atomic E-state index is 12.1. The summed E-state index contributed by atoms with van der Waals surface area (Å²) in [6.07, 6.45) is -1.36. The molecule has 4 rings (SSSR count). The van der Waals surface area contributed by atoms with E-state index in [2.05, 4.69) is 8.92 Å². The van der Waals surface area contributed by atoms with E-state index in [1.165, 1.54) is 30.3 Å². The second-order valence-electron chi connectivity index (χ2n) is 6.60. The number of aliphatic hydroxyl groups excluding tert-OH is 1. The van der Waals surface area contributed by atoms with Gasteiger partial charge in [-0.05, 0) is 36.4 Å². The van der Waals surface area contributed by atoms with Crippen molar-refractivity contribution < 1.29 is 51.7 Å². The summed E-state index contributed by atoms with van der Waals surface area (Å²) in [5.41, 5.74) is -0.0104. The molecule has 0 radical (unpaired) electrons. The summed E-state index contributed by atoms with van der Waals surface area (Å²) < 4.78 is 30.5. The summed E-state index contributed by atoms with van der Waals surface area (Å²) in [6.45, 7) is -1.05. The van der Waals surface area contributed by atoms with Crippen molar-refractivity contribution in [3.63, 3.8) is 0 Å². The smallest absolute Gasteiger partial charge is 0.353 e. The monoisotopic (exact) mass is 460 g/mol. The van der Waals surface area contributed by atoms with Gasteiger partial charge in [0, 0.05) is 0 Å². The average molecular weight is 460 g/mol. The first-order valence-corrected chi connectivity index (χ1v) is 10.0. The first-order chi connectivity index (χ1) is 15.2. The van der Waals surface area contributed by atoms with E-state index in [-0.39, 0.29) is 32.7 Å². The molecule has 2 atom stereocenters. The minimum atomic E-state index is -2.01. The molecule has 2 aromatic carbocycles. The second kappa shape index (κ2) is 8.32. The van der Waals surface area contributed by atoms with Crippen LogP contribution in [0.25, 0.3) is 0 Å². The van der Waals surface area contributed by atoms with Gasteiger partial charge in [-0.2, -0.15) is 0 Å². The Morgan fingerprint density at radius 1 is 0.844 bits per heavy atom. The summed E-state index contributed by atoms with van der Waals surface area (Å²) in [5.74, 6) is -4.19. The normalized spacial score (nSPS) is 17.2. The molecule has 0 saturated heterocycles. The number of carbonyl (C=O) groups excluding carboxylic acids is 5. The van der Waals surface area contributed by atoms with E-state index >= 15 is 0 Å². The molecule has 2 aliphatic rings. The van der Waals surface area contributed by atoms with Gasteiger partial charge in [0.15, 0.2) is 0 Å². The molecule has 0 bridgehead atoms. The molecular formula is C20H12O11S. The van der Waals surface area contributed by atoms with E-state index in [1.54, 1.807) is 0 Å². The molecule has 2 unspecified atom stereocenters. The van der Waals surface area contributed by atoms with Crippen molar-refractivity contribution in [2.24, 2.45) is 0 Å². The highest BCUT2D eigenvalue weighted by molar-refractivity contribution is 7.81. The topological polar surface area (TPSA) is 160 Å². The van der Waals surface area contributed by atoms with Crippen molar-refractivity contribution in [2.45, 2.75) is 11.0 Å². The van der Waals surface area contributed by atoms with Crippen molar-refractivity contribution in [1.82, 2.24) is 0 Å². The van der Waals surface area contributed by atoms with Crippen LogP contribution in [0.5, 0.6) is 0 Å². The van der Waals surface area contributed by atoms with Crippen LogP contribution in [0.15, 0.2) is 41.3 Å². The summed E-state index contributed by atoms with van der Waals surface area (Å²) in [5, 5.41) is 9.92. The minimum Gasteiger partial charge on any atom is -0.459 e. The third-order valence-corrected chi connectivity index (χ3v) is 5.46. The quantitative estimate of drug-likeness (QED) is 0.364. The van der Waals surface area contributed by atoms with Crippen LogP contribution in [0.2, 0.25) is 0 Å². The third-order valence-electron chi connectivity index (χ3n) is 4.46. The van der Waals surface area contributed by atoms with Crippen LogP contribution >= 0.6 is 0 Å². The number of esters is 4. The molecule has 0 saturated carbocycles. The predicted molar refractivity (Wildman–Crippen MR) is 101 cm³/mol. The number of benzene rings is 2. The number of carbonyl (C=O) groups is 5. The Kier molecular flexibility index (Phi) is 5.55. The Morgan fingerprint density at radius 2 is 1.41 bits per heavy atom. The van der Waals surface area contributed by atoms with Gasteiger partial charge in [0.25, 0.3) is 0 Å². The fourth-order valence-corrected chi connectivity index (χ4v) is 3.76. The number of rotatable bonds is 6. The summed E-state index contributed by atoms with van der Waals surface area (Å²) in [6, 6.07) is 7.40. The molecule has 2 aliphatic heterocycles. The molecule has 0 aliphatic carbocycles. The van der Waals surface area contributed by atoms with Crippen LogP contribution in [0, 0.1) is 0 Å². The summed E-state index contributed by atoms with van der Waals surface area (Å²) in [4.78, 5) is 58.7. The minimum absolute atomic E-state index is 0.0147. The molecule has 0 aromatic heterocycles. The molecule has 164 valence electrons. The molecule has 12 heteroatoms. The molecule has 2 aromatic rings. The van der Waals surface area contributed by atoms with Crippen LogP contribution in [0.1, 0.15) is 51.8 Å². The van der Waals surface area contributed by atoms with Gasteiger partial charge in [0.2, 0.25) is 11.1 Å². The van der Waals surface area contributed by atoms with Crippen LogP contribution in [-0.2, 0) is 29.5 Å². The van der Waals surface area contributed by atoms with E-state index in [1.807, 2.05) is 0 Å². The second-order valence-corrected chi connectivity index (χ2v) is 7.68. The number of ether oxygens (including phenoxy) is 3. The Balaban J connectivity index is 1.30. The van der Waals surface area contributed by atoms with Crippen molar-refractivity contribution in [3.05, 3.63) is 64.2 Å². The van der Waals surface area contributed by atoms with Crippen molar-refractivity contribution in [3.8, 4) is 0 Å². The lowest BCUT2D eigenvalue weighted by molar-refractivity contribution is -0.00473. The lowest BCUT2D eigenvalue weighted by Crippen LogP contribution is -2.25. The molecule has 0 spiro atoms. The van der Waals surface area contributed by atoms with Gasteiger partial charge in [0.05, 0.1) is 32.7 Å². The van der Waals surface area contributed by atoms with Crippen LogP contribution in [0.3, 0.4) is 0 Å². The molecule has 0 fully saturated rings. The van der Waals surface area contributed by atoms with E-state index in [0.717, 1.165) is 6.07 Å². The fourth-order valence-electron chi connectivity index (χ4n) is 2.89. The van der Waals surface area contributed by atoms with Gasteiger partial charge in [0.1, 0.15) is 19.3 Å². The standard InChI is InChI=1S/C20H12O11S/c21-11(7-28-16(22)9-1-3-12-14(5-9)19(25)30-18(12)24)8-29-17(23)10-2-4-13-15(6-10)32(27)31-20(13)26/h1-6,11,21H,7-8H2. The van der Waals surface area contributed by atoms with Gasteiger partial charge >= 0.3 is 29.8 Å². The van der Waals surface area contributed by atoms with Gasteiger partial charge in [-0.3, -0.25) is 0 Å². The molecule has 32 heavy (non-hydrogen) atoms. The van der Waals surface area contributed by atoms with Crippen LogP contribution in [0.4, 0.5) is 0 Å². The largest absolute Gasteiger partial charge is 0.459 e. The number of hydrogen-bond donors (Lipinski definition) is 1. The Labute approximate surface area is 181 Å². The fraction of sp³-hybridized carbons (Fsp3) is 0.150. The highest BCUT2D eigenvalue weighted by Gasteiger charge is 2.31. The van der Waals surface area contributed by atoms with Crippen molar-refractivity contribution in [1.29, 1.82) is 0 Å². The van der Waals surface area contributed by atoms with Crippen LogP contribution in [-0.4, -0.2) is 58.5 Å². The SMILES string of the molecule is O=C(OCC(O)COC(=O)c1ccc2c(c1)S(=O)OC2=O)c1ccc2c(c1)C(=O)OC2=O. The summed E-state index contributed by atoms with van der Waals surface area (Å²) in [7, 11) is 0. The Hall–Kier alpha value is -3.90. The van der Waals surface area contributed by atoms with Gasteiger partial charge in [-0.15, -0.1) is 0 Å². The van der Waals surface area contributed by atoms with Crippen LogP contribution < -0.4 is 0 Å². The highest BCUT2D eigenvalue weighted by atomic mass is 32.2. The molecule has 1 N–H and O–H groups in total. The van der Waals surface area contributed by atoms with Gasteiger partial charge < -0.3 is 23.5 Å². The maximum atomic E-state index is 12.1. The van der Waals surface area contributed by atoms with E-state index in [0.29, 0.717) is 0 Å². The first kappa shape index (κ1) is 21.3.